The van der Waals surface area contributed by atoms with Crippen molar-refractivity contribution in [1.82, 2.24) is 0 Å². The van der Waals surface area contributed by atoms with Crippen molar-refractivity contribution < 1.29 is 13.2 Å². The van der Waals surface area contributed by atoms with E-state index in [4.69, 9.17) is 5.73 Å². The number of hydrogen-bond acceptors (Lipinski definition) is 2. The van der Waals surface area contributed by atoms with E-state index in [9.17, 15) is 13.2 Å². The van der Waals surface area contributed by atoms with E-state index in [1.807, 2.05) is 0 Å². The highest BCUT2D eigenvalue weighted by Gasteiger charge is 2.34. The van der Waals surface area contributed by atoms with E-state index in [0.29, 0.717) is 4.88 Å². The van der Waals surface area contributed by atoms with Gasteiger partial charge < -0.3 is 5.73 Å². The molecule has 1 nitrogen and oxygen atoms in total. The number of benzene rings is 1. The Kier molecular flexibility index (Phi) is 2.63. The number of halogens is 3. The molecule has 0 saturated heterocycles. The molecule has 5 heteroatoms. The highest BCUT2D eigenvalue weighted by Crippen LogP contribution is 2.39. The van der Waals surface area contributed by atoms with Crippen LogP contribution in [0.5, 0.6) is 0 Å². The van der Waals surface area contributed by atoms with Gasteiger partial charge in [0, 0.05) is 16.1 Å². The minimum absolute atomic E-state index is 0.118. The SMILES string of the molecule is Nc1ccc(-c2cccs2)c(C(F)(F)F)c1. The maximum atomic E-state index is 12.8. The van der Waals surface area contributed by atoms with E-state index in [1.165, 1.54) is 23.5 Å². The second-order valence-electron chi connectivity index (χ2n) is 3.28. The van der Waals surface area contributed by atoms with Gasteiger partial charge >= 0.3 is 6.18 Å². The molecular weight excluding hydrogens is 235 g/mol. The van der Waals surface area contributed by atoms with Crippen LogP contribution in [-0.4, -0.2) is 0 Å². The zero-order valence-electron chi connectivity index (χ0n) is 8.08. The number of alkyl halides is 3. The summed E-state index contributed by atoms with van der Waals surface area (Å²) in [5.41, 5.74) is 4.99. The first-order valence-electron chi connectivity index (χ1n) is 4.49. The van der Waals surface area contributed by atoms with Crippen LogP contribution >= 0.6 is 11.3 Å². The third kappa shape index (κ3) is 2.04. The molecule has 0 fully saturated rings. The Morgan fingerprint density at radius 1 is 1.12 bits per heavy atom. The molecule has 0 aliphatic carbocycles. The fraction of sp³-hybridized carbons (Fsp3) is 0.0909. The molecule has 0 unspecified atom stereocenters. The Balaban J connectivity index is 2.62. The lowest BCUT2D eigenvalue weighted by molar-refractivity contribution is -0.137. The Morgan fingerprint density at radius 3 is 2.44 bits per heavy atom. The van der Waals surface area contributed by atoms with Gasteiger partial charge in [-0.3, -0.25) is 0 Å². The summed E-state index contributed by atoms with van der Waals surface area (Å²) < 4.78 is 38.3. The maximum absolute atomic E-state index is 12.8. The van der Waals surface area contributed by atoms with Crippen LogP contribution in [0.15, 0.2) is 35.7 Å². The van der Waals surface area contributed by atoms with Crippen molar-refractivity contribution in [1.29, 1.82) is 0 Å². The number of thiophene rings is 1. The summed E-state index contributed by atoms with van der Waals surface area (Å²) in [6.07, 6.45) is -4.38. The number of hydrogen-bond donors (Lipinski definition) is 1. The molecule has 1 aromatic carbocycles. The highest BCUT2D eigenvalue weighted by molar-refractivity contribution is 7.13. The zero-order valence-corrected chi connectivity index (χ0v) is 8.90. The molecule has 0 saturated carbocycles. The van der Waals surface area contributed by atoms with Gasteiger partial charge in [0.05, 0.1) is 5.56 Å². The summed E-state index contributed by atoms with van der Waals surface area (Å²) in [6.45, 7) is 0. The first kappa shape index (κ1) is 11.0. The van der Waals surface area contributed by atoms with Gasteiger partial charge in [-0.2, -0.15) is 13.2 Å². The lowest BCUT2D eigenvalue weighted by Gasteiger charge is -2.12. The van der Waals surface area contributed by atoms with Gasteiger partial charge in [0.2, 0.25) is 0 Å². The smallest absolute Gasteiger partial charge is 0.399 e. The van der Waals surface area contributed by atoms with Crippen molar-refractivity contribution in [2.75, 3.05) is 5.73 Å². The van der Waals surface area contributed by atoms with Crippen LogP contribution in [0.25, 0.3) is 10.4 Å². The molecule has 1 heterocycles. The molecule has 2 aromatic rings. The highest BCUT2D eigenvalue weighted by atomic mass is 32.1. The number of anilines is 1. The lowest BCUT2D eigenvalue weighted by atomic mass is 10.0. The minimum atomic E-state index is -4.38. The standard InChI is InChI=1S/C11H8F3NS/c12-11(13,14)9-6-7(15)3-4-8(9)10-2-1-5-16-10/h1-6H,15H2. The fourth-order valence-corrected chi connectivity index (χ4v) is 2.21. The lowest BCUT2D eigenvalue weighted by Crippen LogP contribution is -2.07. The van der Waals surface area contributed by atoms with Crippen LogP contribution in [0, 0.1) is 0 Å². The van der Waals surface area contributed by atoms with E-state index in [-0.39, 0.29) is 11.3 Å². The Labute approximate surface area is 94.3 Å². The second-order valence-corrected chi connectivity index (χ2v) is 4.23. The summed E-state index contributed by atoms with van der Waals surface area (Å²) in [7, 11) is 0. The molecule has 0 bridgehead atoms. The molecule has 0 spiro atoms. The van der Waals surface area contributed by atoms with Crippen molar-refractivity contribution in [2.24, 2.45) is 0 Å². The third-order valence-electron chi connectivity index (χ3n) is 2.14. The molecular formula is C11H8F3NS. The fourth-order valence-electron chi connectivity index (χ4n) is 1.44. The molecule has 2 rings (SSSR count). The monoisotopic (exact) mass is 243 g/mol. The van der Waals surface area contributed by atoms with Gasteiger partial charge in [-0.15, -0.1) is 11.3 Å². The van der Waals surface area contributed by atoms with Gasteiger partial charge in [0.1, 0.15) is 0 Å². The van der Waals surface area contributed by atoms with Crippen LogP contribution in [-0.2, 0) is 6.18 Å². The van der Waals surface area contributed by atoms with E-state index >= 15 is 0 Å². The Morgan fingerprint density at radius 2 is 1.88 bits per heavy atom. The summed E-state index contributed by atoms with van der Waals surface area (Å²) in [5.74, 6) is 0. The first-order chi connectivity index (χ1) is 7.48. The number of rotatable bonds is 1. The topological polar surface area (TPSA) is 26.0 Å². The van der Waals surface area contributed by atoms with E-state index in [0.717, 1.165) is 6.07 Å². The molecule has 0 atom stereocenters. The summed E-state index contributed by atoms with van der Waals surface area (Å²) in [4.78, 5) is 0.590. The quantitative estimate of drug-likeness (QED) is 0.752. The zero-order chi connectivity index (χ0) is 11.8. The van der Waals surface area contributed by atoms with Crippen LogP contribution < -0.4 is 5.73 Å². The van der Waals surface area contributed by atoms with Crippen LogP contribution in [0.3, 0.4) is 0 Å². The average Bonchev–Trinajstić information content (AvgIpc) is 2.69. The largest absolute Gasteiger partial charge is 0.417 e. The van der Waals surface area contributed by atoms with Crippen LogP contribution in [0.1, 0.15) is 5.56 Å². The van der Waals surface area contributed by atoms with Gasteiger partial charge in [0.25, 0.3) is 0 Å². The average molecular weight is 243 g/mol. The summed E-state index contributed by atoms with van der Waals surface area (Å²) in [5, 5.41) is 1.74. The molecule has 2 N–H and O–H groups in total. The normalized spacial score (nSPS) is 11.7. The predicted octanol–water partition coefficient (Wildman–Crippen LogP) is 4.02. The van der Waals surface area contributed by atoms with Gasteiger partial charge in [-0.1, -0.05) is 12.1 Å². The molecule has 1 aromatic heterocycles. The Bertz CT molecular complexity index is 488. The molecule has 0 aliphatic heterocycles. The van der Waals surface area contributed by atoms with Crippen molar-refractivity contribution in [2.45, 2.75) is 6.18 Å². The molecule has 0 amide bonds. The predicted molar refractivity (Wildman–Crippen MR) is 59.2 cm³/mol. The van der Waals surface area contributed by atoms with Gasteiger partial charge in [0.15, 0.2) is 0 Å². The Hall–Kier alpha value is -1.49. The van der Waals surface area contributed by atoms with Crippen LogP contribution in [0.4, 0.5) is 18.9 Å². The van der Waals surface area contributed by atoms with E-state index in [1.54, 1.807) is 17.5 Å². The second kappa shape index (κ2) is 3.83. The van der Waals surface area contributed by atoms with Crippen molar-refractivity contribution in [3.05, 3.63) is 41.3 Å². The maximum Gasteiger partial charge on any atom is 0.417 e. The molecule has 0 aliphatic rings. The van der Waals surface area contributed by atoms with Gasteiger partial charge in [-0.05, 0) is 23.6 Å². The summed E-state index contributed by atoms with van der Waals surface area (Å²) in [6, 6.07) is 7.23. The van der Waals surface area contributed by atoms with Crippen molar-refractivity contribution >= 4 is 17.0 Å². The van der Waals surface area contributed by atoms with E-state index in [2.05, 4.69) is 0 Å². The number of nitrogen functional groups attached to an aromatic ring is 1. The first-order valence-corrected chi connectivity index (χ1v) is 5.37. The molecule has 0 radical (unpaired) electrons. The third-order valence-corrected chi connectivity index (χ3v) is 3.04. The molecule has 84 valence electrons. The minimum Gasteiger partial charge on any atom is -0.399 e. The summed E-state index contributed by atoms with van der Waals surface area (Å²) >= 11 is 1.27. The van der Waals surface area contributed by atoms with Crippen molar-refractivity contribution in [3.63, 3.8) is 0 Å². The van der Waals surface area contributed by atoms with Gasteiger partial charge in [-0.25, -0.2) is 0 Å². The molecule has 16 heavy (non-hydrogen) atoms. The van der Waals surface area contributed by atoms with E-state index < -0.39 is 11.7 Å². The number of nitrogens with two attached hydrogens (primary N) is 1. The van der Waals surface area contributed by atoms with Crippen molar-refractivity contribution in [3.8, 4) is 10.4 Å². The van der Waals surface area contributed by atoms with Crippen LogP contribution in [0.2, 0.25) is 0 Å².